The Labute approximate surface area is 146 Å². The number of amides is 1. The van der Waals surface area contributed by atoms with Crippen LogP contribution >= 0.6 is 15.9 Å². The summed E-state index contributed by atoms with van der Waals surface area (Å²) in [4.78, 5) is 12.2. The zero-order valence-corrected chi connectivity index (χ0v) is 14.6. The number of rotatable bonds is 4. The fraction of sp³-hybridized carbons (Fsp3) is 0.125. The minimum atomic E-state index is -0.331. The number of halogens is 1. The van der Waals surface area contributed by atoms with Crippen LogP contribution in [0.25, 0.3) is 0 Å². The summed E-state index contributed by atoms with van der Waals surface area (Å²) >= 11 is 3.43. The first-order valence-electron chi connectivity index (χ1n) is 7.13. The maximum atomic E-state index is 12.2. The van der Waals surface area contributed by atoms with Gasteiger partial charge in [-0.1, -0.05) is 27.2 Å². The van der Waals surface area contributed by atoms with Gasteiger partial charge in [-0.2, -0.15) is 0 Å². The Balaban J connectivity index is 1.68. The fourth-order valence-electron chi connectivity index (χ4n) is 1.94. The molecule has 0 saturated heterocycles. The van der Waals surface area contributed by atoms with E-state index in [1.54, 1.807) is 25.1 Å². The van der Waals surface area contributed by atoms with E-state index in [-0.39, 0.29) is 11.6 Å². The molecular weight excluding hydrogens is 374 g/mol. The predicted octanol–water partition coefficient (Wildman–Crippen LogP) is 3.84. The second-order valence-corrected chi connectivity index (χ2v) is 6.02. The van der Waals surface area contributed by atoms with Crippen molar-refractivity contribution in [2.45, 2.75) is 13.8 Å². The van der Waals surface area contributed by atoms with Crippen LogP contribution < -0.4 is 10.6 Å². The average Bonchev–Trinajstić information content (AvgIpc) is 2.96. The molecule has 0 fully saturated rings. The van der Waals surface area contributed by atoms with E-state index in [0.29, 0.717) is 23.1 Å². The molecule has 0 atom stereocenters. The van der Waals surface area contributed by atoms with Gasteiger partial charge in [0.2, 0.25) is 0 Å². The summed E-state index contributed by atoms with van der Waals surface area (Å²) in [5, 5.41) is 17.4. The molecule has 24 heavy (non-hydrogen) atoms. The molecule has 122 valence electrons. The molecule has 0 radical (unpaired) electrons. The topological polar surface area (TPSA) is 92.9 Å². The number of benzene rings is 1. The molecule has 1 aromatic carbocycles. The van der Waals surface area contributed by atoms with Crippen molar-refractivity contribution >= 4 is 39.2 Å². The van der Waals surface area contributed by atoms with E-state index in [1.165, 1.54) is 0 Å². The van der Waals surface area contributed by atoms with Gasteiger partial charge in [-0.15, -0.1) is 10.2 Å². The first-order chi connectivity index (χ1) is 11.5. The number of nitrogens with zero attached hydrogens (tertiary/aromatic N) is 3. The summed E-state index contributed by atoms with van der Waals surface area (Å²) in [5.74, 6) is 1.36. The van der Waals surface area contributed by atoms with Gasteiger partial charge in [-0.25, -0.2) is 0 Å². The van der Waals surface area contributed by atoms with Crippen LogP contribution in [-0.4, -0.2) is 21.3 Å². The lowest BCUT2D eigenvalue weighted by molar-refractivity contribution is 0.102. The van der Waals surface area contributed by atoms with Crippen molar-refractivity contribution in [1.29, 1.82) is 0 Å². The Hall–Kier alpha value is -2.74. The second kappa shape index (κ2) is 6.79. The molecule has 3 aromatic rings. The number of aryl methyl sites for hydroxylation is 2. The van der Waals surface area contributed by atoms with Gasteiger partial charge in [-0.05, 0) is 43.7 Å². The molecule has 0 aliphatic heterocycles. The third-order valence-corrected chi connectivity index (χ3v) is 4.07. The highest BCUT2D eigenvalue weighted by molar-refractivity contribution is 9.10. The zero-order chi connectivity index (χ0) is 17.1. The van der Waals surface area contributed by atoms with E-state index >= 15 is 0 Å². The molecule has 0 spiro atoms. The molecule has 0 aliphatic carbocycles. The van der Waals surface area contributed by atoms with Crippen LogP contribution in [0.3, 0.4) is 0 Å². The maximum Gasteiger partial charge on any atom is 0.276 e. The molecule has 0 unspecified atom stereocenters. The van der Waals surface area contributed by atoms with Gasteiger partial charge < -0.3 is 15.2 Å². The first-order valence-corrected chi connectivity index (χ1v) is 7.92. The van der Waals surface area contributed by atoms with Crippen LogP contribution in [0.2, 0.25) is 0 Å². The van der Waals surface area contributed by atoms with Crippen LogP contribution in [-0.2, 0) is 0 Å². The van der Waals surface area contributed by atoms with Gasteiger partial charge in [-0.3, -0.25) is 4.79 Å². The van der Waals surface area contributed by atoms with Crippen LogP contribution in [0.4, 0.5) is 17.3 Å². The fourth-order valence-corrected chi connectivity index (χ4v) is 2.32. The highest BCUT2D eigenvalue weighted by Crippen LogP contribution is 2.21. The van der Waals surface area contributed by atoms with E-state index < -0.39 is 0 Å². The number of hydrogen-bond acceptors (Lipinski definition) is 6. The molecule has 2 N–H and O–H groups in total. The number of carbonyl (C=O) groups excluding carboxylic acids is 1. The highest BCUT2D eigenvalue weighted by Gasteiger charge is 2.10. The van der Waals surface area contributed by atoms with Crippen molar-refractivity contribution in [3.8, 4) is 0 Å². The average molecular weight is 388 g/mol. The summed E-state index contributed by atoms with van der Waals surface area (Å²) in [5.41, 5.74) is 1.99. The third-order valence-electron chi connectivity index (χ3n) is 3.21. The maximum absolute atomic E-state index is 12.2. The zero-order valence-electron chi connectivity index (χ0n) is 13.0. The van der Waals surface area contributed by atoms with Gasteiger partial charge in [0.25, 0.3) is 5.91 Å². The first kappa shape index (κ1) is 16.1. The molecule has 8 heteroatoms. The summed E-state index contributed by atoms with van der Waals surface area (Å²) < 4.78 is 5.88. The van der Waals surface area contributed by atoms with Crippen LogP contribution in [0, 0.1) is 13.8 Å². The molecular formula is C16H14BrN5O2. The minimum Gasteiger partial charge on any atom is -0.360 e. The lowest BCUT2D eigenvalue weighted by Gasteiger charge is -2.07. The van der Waals surface area contributed by atoms with Crippen LogP contribution in [0.5, 0.6) is 0 Å². The monoisotopic (exact) mass is 387 g/mol. The molecule has 2 heterocycles. The number of anilines is 3. The van der Waals surface area contributed by atoms with Crippen LogP contribution in [0.15, 0.2) is 45.4 Å². The van der Waals surface area contributed by atoms with E-state index in [9.17, 15) is 4.79 Å². The number of carbonyl (C=O) groups is 1. The van der Waals surface area contributed by atoms with E-state index in [1.807, 2.05) is 25.1 Å². The standard InChI is InChI=1S/C16H14BrN5O2/c1-9-3-4-11(8-12(9)17)18-16(23)13-5-6-14(21-20-13)19-15-7-10(2)24-22-15/h3-8H,1-2H3,(H,18,23)(H,19,21,22). The Kier molecular flexibility index (Phi) is 4.57. The van der Waals surface area contributed by atoms with Gasteiger partial charge in [0.1, 0.15) is 5.76 Å². The van der Waals surface area contributed by atoms with Crippen molar-refractivity contribution in [2.24, 2.45) is 0 Å². The van der Waals surface area contributed by atoms with E-state index in [4.69, 9.17) is 4.52 Å². The number of hydrogen-bond donors (Lipinski definition) is 2. The normalized spacial score (nSPS) is 10.5. The predicted molar refractivity (Wildman–Crippen MR) is 93.4 cm³/mol. The van der Waals surface area contributed by atoms with Gasteiger partial charge >= 0.3 is 0 Å². The van der Waals surface area contributed by atoms with Crippen molar-refractivity contribution in [1.82, 2.24) is 15.4 Å². The van der Waals surface area contributed by atoms with Crippen molar-refractivity contribution in [3.05, 3.63) is 57.9 Å². The summed E-state index contributed by atoms with van der Waals surface area (Å²) in [6, 6.07) is 10.5. The van der Waals surface area contributed by atoms with E-state index in [2.05, 4.69) is 41.9 Å². The minimum absolute atomic E-state index is 0.216. The van der Waals surface area contributed by atoms with Crippen molar-refractivity contribution < 1.29 is 9.32 Å². The lowest BCUT2D eigenvalue weighted by atomic mass is 10.2. The lowest BCUT2D eigenvalue weighted by Crippen LogP contribution is -2.14. The third kappa shape index (κ3) is 3.77. The van der Waals surface area contributed by atoms with Gasteiger partial charge in [0.15, 0.2) is 17.3 Å². The second-order valence-electron chi connectivity index (χ2n) is 5.17. The molecule has 7 nitrogen and oxygen atoms in total. The molecule has 2 aromatic heterocycles. The SMILES string of the molecule is Cc1cc(Nc2ccc(C(=O)Nc3ccc(C)c(Br)c3)nn2)no1. The van der Waals surface area contributed by atoms with Crippen LogP contribution in [0.1, 0.15) is 21.8 Å². The molecule has 3 rings (SSSR count). The van der Waals surface area contributed by atoms with Gasteiger partial charge in [0.05, 0.1) is 0 Å². The molecule has 0 aliphatic rings. The Morgan fingerprint density at radius 2 is 1.92 bits per heavy atom. The quantitative estimate of drug-likeness (QED) is 0.706. The molecule has 0 bridgehead atoms. The van der Waals surface area contributed by atoms with E-state index in [0.717, 1.165) is 10.0 Å². The summed E-state index contributed by atoms with van der Waals surface area (Å²) in [6.07, 6.45) is 0. The summed E-state index contributed by atoms with van der Waals surface area (Å²) in [7, 11) is 0. The van der Waals surface area contributed by atoms with Crippen molar-refractivity contribution in [3.63, 3.8) is 0 Å². The number of aromatic nitrogens is 3. The Morgan fingerprint density at radius 3 is 2.54 bits per heavy atom. The van der Waals surface area contributed by atoms with Crippen molar-refractivity contribution in [2.75, 3.05) is 10.6 Å². The molecule has 1 amide bonds. The smallest absolute Gasteiger partial charge is 0.276 e. The molecule has 0 saturated carbocycles. The highest BCUT2D eigenvalue weighted by atomic mass is 79.9. The van der Waals surface area contributed by atoms with Gasteiger partial charge in [0, 0.05) is 16.2 Å². The summed E-state index contributed by atoms with van der Waals surface area (Å²) in [6.45, 7) is 3.77. The Bertz CT molecular complexity index is 876. The Morgan fingerprint density at radius 1 is 1.08 bits per heavy atom. The number of nitrogens with one attached hydrogen (secondary N) is 2. The largest absolute Gasteiger partial charge is 0.360 e.